The molecule has 3 N–H and O–H groups in total. The number of aliphatic imine (C=N–C) groups is 1. The highest BCUT2D eigenvalue weighted by Gasteiger charge is 2.15. The Morgan fingerprint density at radius 3 is 2.71 bits per heavy atom. The second-order valence-electron chi connectivity index (χ2n) is 7.62. The number of nitrogens with zero attached hydrogens (tertiary/aromatic N) is 2. The Bertz CT molecular complexity index is 711. The van der Waals surface area contributed by atoms with Gasteiger partial charge in [0.1, 0.15) is 0 Å². The van der Waals surface area contributed by atoms with Crippen molar-refractivity contribution >= 4 is 41.8 Å². The lowest BCUT2D eigenvalue weighted by Crippen LogP contribution is -2.39. The number of hydrogen-bond donors (Lipinski definition) is 3. The van der Waals surface area contributed by atoms with Crippen LogP contribution in [-0.2, 0) is 11.3 Å². The molecule has 0 bridgehead atoms. The molecule has 1 aliphatic rings. The summed E-state index contributed by atoms with van der Waals surface area (Å²) in [6.07, 6.45) is 5.78. The van der Waals surface area contributed by atoms with Crippen LogP contribution >= 0.6 is 24.0 Å². The molecule has 0 saturated carbocycles. The predicted octanol–water partition coefficient (Wildman–Crippen LogP) is 3.29. The molecule has 7 nitrogen and oxygen atoms in total. The molecule has 0 aromatic heterocycles. The zero-order valence-corrected chi connectivity index (χ0v) is 21.2. The molecule has 2 amide bonds. The number of halogens is 1. The normalized spacial score (nSPS) is 14.5. The number of guanidine groups is 1. The molecule has 1 saturated heterocycles. The minimum absolute atomic E-state index is 0. The first-order valence-electron chi connectivity index (χ1n) is 11.3. The average molecular weight is 543 g/mol. The maximum atomic E-state index is 12.1. The van der Waals surface area contributed by atoms with Gasteiger partial charge < -0.3 is 20.9 Å². The van der Waals surface area contributed by atoms with E-state index in [4.69, 9.17) is 0 Å². The molecule has 0 radical (unpaired) electrons. The van der Waals surface area contributed by atoms with Crippen LogP contribution in [0.25, 0.3) is 0 Å². The number of benzene rings is 1. The van der Waals surface area contributed by atoms with Crippen molar-refractivity contribution < 1.29 is 9.59 Å². The van der Waals surface area contributed by atoms with Gasteiger partial charge in [-0.1, -0.05) is 25.5 Å². The number of hydrogen-bond acceptors (Lipinski definition) is 3. The number of rotatable bonds is 10. The molecule has 0 atom stereocenters. The molecule has 1 fully saturated rings. The standard InChI is InChI=1S/C23H37N5O2.HI/c1-3-13-25-22(30)20-11-8-10-19(17-20)18-27-23(24-4-2)26-14-9-16-28-15-7-5-6-12-21(28)29;/h8,10-11,17H,3-7,9,12-16,18H2,1-2H3,(H,25,30)(H2,24,26,27);1H. The van der Waals surface area contributed by atoms with Crippen molar-refractivity contribution in [3.63, 3.8) is 0 Å². The summed E-state index contributed by atoms with van der Waals surface area (Å²) in [5.74, 6) is 0.993. The van der Waals surface area contributed by atoms with Gasteiger partial charge >= 0.3 is 0 Å². The molecule has 174 valence electrons. The molecule has 1 aromatic carbocycles. The Labute approximate surface area is 203 Å². The lowest BCUT2D eigenvalue weighted by molar-refractivity contribution is -0.130. The van der Waals surface area contributed by atoms with Crippen LogP contribution in [0.4, 0.5) is 0 Å². The molecule has 31 heavy (non-hydrogen) atoms. The number of carbonyl (C=O) groups is 2. The molecule has 1 aliphatic heterocycles. The van der Waals surface area contributed by atoms with Crippen molar-refractivity contribution in [2.24, 2.45) is 4.99 Å². The summed E-state index contributed by atoms with van der Waals surface area (Å²) in [7, 11) is 0. The Balaban J connectivity index is 0.00000480. The van der Waals surface area contributed by atoms with Crippen molar-refractivity contribution in [3.05, 3.63) is 35.4 Å². The summed E-state index contributed by atoms with van der Waals surface area (Å²) in [6.45, 7) is 8.45. The Morgan fingerprint density at radius 1 is 1.10 bits per heavy atom. The van der Waals surface area contributed by atoms with Gasteiger partial charge in [-0.2, -0.15) is 0 Å². The SMILES string of the molecule is CCCNC(=O)c1cccc(CN=C(NCC)NCCCN2CCCCCC2=O)c1.I. The van der Waals surface area contributed by atoms with Crippen molar-refractivity contribution in [2.75, 3.05) is 32.7 Å². The van der Waals surface area contributed by atoms with Gasteiger partial charge in [0.2, 0.25) is 5.91 Å². The second-order valence-corrected chi connectivity index (χ2v) is 7.62. The van der Waals surface area contributed by atoms with Crippen LogP contribution in [0, 0.1) is 0 Å². The second kappa shape index (κ2) is 15.9. The molecular weight excluding hydrogens is 505 g/mol. The smallest absolute Gasteiger partial charge is 0.251 e. The van der Waals surface area contributed by atoms with Gasteiger partial charge in [0.15, 0.2) is 5.96 Å². The first kappa shape index (κ1) is 27.2. The molecule has 1 aromatic rings. The fourth-order valence-electron chi connectivity index (χ4n) is 3.42. The molecule has 1 heterocycles. The summed E-state index contributed by atoms with van der Waals surface area (Å²) in [4.78, 5) is 30.9. The van der Waals surface area contributed by atoms with Gasteiger partial charge in [-0.15, -0.1) is 24.0 Å². The van der Waals surface area contributed by atoms with Gasteiger partial charge in [0.25, 0.3) is 5.91 Å². The van der Waals surface area contributed by atoms with E-state index in [2.05, 4.69) is 20.9 Å². The first-order valence-corrected chi connectivity index (χ1v) is 11.3. The van der Waals surface area contributed by atoms with Crippen molar-refractivity contribution in [1.82, 2.24) is 20.9 Å². The molecule has 0 unspecified atom stereocenters. The average Bonchev–Trinajstić information content (AvgIpc) is 2.97. The monoisotopic (exact) mass is 543 g/mol. The van der Waals surface area contributed by atoms with E-state index in [1.165, 1.54) is 0 Å². The van der Waals surface area contributed by atoms with Crippen LogP contribution in [0.1, 0.15) is 68.3 Å². The third kappa shape index (κ3) is 10.3. The maximum absolute atomic E-state index is 12.1. The topological polar surface area (TPSA) is 85.8 Å². The quantitative estimate of drug-likeness (QED) is 0.183. The maximum Gasteiger partial charge on any atom is 0.251 e. The van der Waals surface area contributed by atoms with Gasteiger partial charge in [-0.3, -0.25) is 9.59 Å². The van der Waals surface area contributed by atoms with Crippen LogP contribution in [0.5, 0.6) is 0 Å². The summed E-state index contributed by atoms with van der Waals surface area (Å²) < 4.78 is 0. The van der Waals surface area contributed by atoms with E-state index < -0.39 is 0 Å². The van der Waals surface area contributed by atoms with Gasteiger partial charge in [0.05, 0.1) is 6.54 Å². The highest BCUT2D eigenvalue weighted by atomic mass is 127. The first-order chi connectivity index (χ1) is 14.6. The van der Waals surface area contributed by atoms with Crippen molar-refractivity contribution in [1.29, 1.82) is 0 Å². The van der Waals surface area contributed by atoms with E-state index in [1.807, 2.05) is 43.0 Å². The zero-order chi connectivity index (χ0) is 21.6. The Hall–Kier alpha value is -1.84. The Morgan fingerprint density at radius 2 is 1.94 bits per heavy atom. The fraction of sp³-hybridized carbons (Fsp3) is 0.609. The third-order valence-electron chi connectivity index (χ3n) is 5.06. The van der Waals surface area contributed by atoms with Gasteiger partial charge in [-0.25, -0.2) is 4.99 Å². The van der Waals surface area contributed by atoms with Gasteiger partial charge in [-0.05, 0) is 50.3 Å². The zero-order valence-electron chi connectivity index (χ0n) is 18.9. The van der Waals surface area contributed by atoms with Crippen molar-refractivity contribution in [3.8, 4) is 0 Å². The van der Waals surface area contributed by atoms with Crippen LogP contribution < -0.4 is 16.0 Å². The number of nitrogens with one attached hydrogen (secondary N) is 3. The number of carbonyl (C=O) groups excluding carboxylic acids is 2. The molecular formula is C23H38IN5O2. The van der Waals surface area contributed by atoms with Crippen LogP contribution in [0.15, 0.2) is 29.3 Å². The highest BCUT2D eigenvalue weighted by molar-refractivity contribution is 14.0. The van der Waals surface area contributed by atoms with Crippen LogP contribution in [0.3, 0.4) is 0 Å². The van der Waals surface area contributed by atoms with E-state index in [1.54, 1.807) is 0 Å². The minimum atomic E-state index is -0.0456. The molecule has 8 heteroatoms. The van der Waals surface area contributed by atoms with Gasteiger partial charge in [0, 0.05) is 44.7 Å². The van der Waals surface area contributed by atoms with E-state index in [9.17, 15) is 9.59 Å². The van der Waals surface area contributed by atoms with Crippen LogP contribution in [-0.4, -0.2) is 55.4 Å². The number of amides is 2. The van der Waals surface area contributed by atoms with Crippen molar-refractivity contribution in [2.45, 2.75) is 58.9 Å². The number of likely N-dealkylation sites (tertiary alicyclic amines) is 1. The summed E-state index contributed by atoms with van der Waals surface area (Å²) in [5, 5.41) is 9.50. The molecule has 2 rings (SSSR count). The van der Waals surface area contributed by atoms with E-state index in [-0.39, 0.29) is 35.8 Å². The third-order valence-corrected chi connectivity index (χ3v) is 5.06. The summed E-state index contributed by atoms with van der Waals surface area (Å²) in [5.41, 5.74) is 1.66. The highest BCUT2D eigenvalue weighted by Crippen LogP contribution is 2.11. The minimum Gasteiger partial charge on any atom is -0.357 e. The van der Waals surface area contributed by atoms with E-state index >= 15 is 0 Å². The van der Waals surface area contributed by atoms with E-state index in [0.29, 0.717) is 25.1 Å². The summed E-state index contributed by atoms with van der Waals surface area (Å²) >= 11 is 0. The Kier molecular flexibility index (Phi) is 13.9. The lowest BCUT2D eigenvalue weighted by atomic mass is 10.1. The molecule has 0 spiro atoms. The molecule has 0 aliphatic carbocycles. The fourth-order valence-corrected chi connectivity index (χ4v) is 3.42. The van der Waals surface area contributed by atoms with Crippen LogP contribution in [0.2, 0.25) is 0 Å². The predicted molar refractivity (Wildman–Crippen MR) is 137 cm³/mol. The lowest BCUT2D eigenvalue weighted by Gasteiger charge is -2.20. The van der Waals surface area contributed by atoms with E-state index in [0.717, 1.165) is 69.8 Å². The summed E-state index contributed by atoms with van der Waals surface area (Å²) in [6, 6.07) is 7.59. The largest absolute Gasteiger partial charge is 0.357 e.